The number of sulfone groups is 1. The minimum absolute atomic E-state index is 0.0474. The van der Waals surface area contributed by atoms with Crippen molar-refractivity contribution in [1.29, 1.82) is 5.26 Å². The fraction of sp³-hybridized carbons (Fsp3) is 0.417. The Kier molecular flexibility index (Phi) is 4.13. The third-order valence-electron chi connectivity index (χ3n) is 2.25. The van der Waals surface area contributed by atoms with Crippen molar-refractivity contribution in [2.24, 2.45) is 0 Å². The van der Waals surface area contributed by atoms with Crippen LogP contribution in [0.1, 0.15) is 18.1 Å². The van der Waals surface area contributed by atoms with E-state index in [0.717, 1.165) is 5.56 Å². The van der Waals surface area contributed by atoms with E-state index in [9.17, 15) is 8.42 Å². The van der Waals surface area contributed by atoms with Gasteiger partial charge in [0.2, 0.25) is 0 Å². The molecule has 4 nitrogen and oxygen atoms in total. The maximum Gasteiger partial charge on any atom is 0.149 e. The van der Waals surface area contributed by atoms with Crippen molar-refractivity contribution < 1.29 is 8.42 Å². The van der Waals surface area contributed by atoms with E-state index < -0.39 is 9.84 Å². The maximum absolute atomic E-state index is 11.1. The van der Waals surface area contributed by atoms with E-state index in [2.05, 4.69) is 11.4 Å². The molecule has 17 heavy (non-hydrogen) atoms. The Balaban J connectivity index is 2.88. The molecule has 0 saturated heterocycles. The lowest BCUT2D eigenvalue weighted by atomic mass is 10.1. The van der Waals surface area contributed by atoms with Crippen molar-refractivity contribution in [3.8, 4) is 6.07 Å². The summed E-state index contributed by atoms with van der Waals surface area (Å²) in [6.07, 6.45) is 1.20. The summed E-state index contributed by atoms with van der Waals surface area (Å²) < 4.78 is 22.3. The number of nitriles is 1. The number of benzene rings is 1. The lowest BCUT2D eigenvalue weighted by Gasteiger charge is -2.15. The Bertz CT molecular complexity index is 544. The highest BCUT2D eigenvalue weighted by Gasteiger charge is 2.12. The predicted molar refractivity (Wildman–Crippen MR) is 68.7 cm³/mol. The van der Waals surface area contributed by atoms with Crippen LogP contribution in [0.5, 0.6) is 0 Å². The molecule has 0 fully saturated rings. The zero-order valence-electron chi connectivity index (χ0n) is 10.2. The Labute approximate surface area is 102 Å². The molecule has 5 heteroatoms. The second-order valence-electron chi connectivity index (χ2n) is 4.30. The van der Waals surface area contributed by atoms with E-state index in [-0.39, 0.29) is 11.8 Å². The first-order valence-electron chi connectivity index (χ1n) is 5.27. The van der Waals surface area contributed by atoms with Gasteiger partial charge in [-0.05, 0) is 31.5 Å². The highest BCUT2D eigenvalue weighted by Crippen LogP contribution is 2.17. The van der Waals surface area contributed by atoms with E-state index in [0.29, 0.717) is 11.3 Å². The van der Waals surface area contributed by atoms with E-state index in [1.54, 1.807) is 13.0 Å². The average Bonchev–Trinajstić information content (AvgIpc) is 2.14. The highest BCUT2D eigenvalue weighted by atomic mass is 32.2. The Hall–Kier alpha value is -1.54. The molecule has 0 saturated carbocycles. The van der Waals surface area contributed by atoms with Crippen molar-refractivity contribution in [2.45, 2.75) is 19.9 Å². The number of nitrogens with zero attached hydrogens (tertiary/aromatic N) is 1. The summed E-state index contributed by atoms with van der Waals surface area (Å²) in [5.41, 5.74) is 2.23. The van der Waals surface area contributed by atoms with Crippen LogP contribution in [0, 0.1) is 18.3 Å². The summed E-state index contributed by atoms with van der Waals surface area (Å²) in [6.45, 7) is 3.71. The molecule has 0 radical (unpaired) electrons. The second-order valence-corrected chi connectivity index (χ2v) is 6.48. The highest BCUT2D eigenvalue weighted by molar-refractivity contribution is 7.90. The summed E-state index contributed by atoms with van der Waals surface area (Å²) in [4.78, 5) is 0. The van der Waals surface area contributed by atoms with Crippen molar-refractivity contribution in [3.05, 3.63) is 29.3 Å². The lowest BCUT2D eigenvalue weighted by Crippen LogP contribution is -2.25. The predicted octanol–water partition coefficient (Wildman–Crippen LogP) is 1.71. The standard InChI is InChI=1S/C12H16N2O2S/c1-9-4-5-11(7-13)12(6-9)14-10(2)8-17(3,15)16/h4-6,10,14H,8H2,1-3H3. The minimum Gasteiger partial charge on any atom is -0.380 e. The molecular weight excluding hydrogens is 236 g/mol. The van der Waals surface area contributed by atoms with Gasteiger partial charge in [0.05, 0.1) is 17.0 Å². The number of hydrogen-bond donors (Lipinski definition) is 1. The van der Waals surface area contributed by atoms with Crippen LogP contribution in [-0.4, -0.2) is 26.5 Å². The van der Waals surface area contributed by atoms with Gasteiger partial charge in [-0.25, -0.2) is 8.42 Å². The SMILES string of the molecule is Cc1ccc(C#N)c(NC(C)CS(C)(=O)=O)c1. The first kappa shape index (κ1) is 13.5. The van der Waals surface area contributed by atoms with Crippen molar-refractivity contribution >= 4 is 15.5 Å². The van der Waals surface area contributed by atoms with Crippen LogP contribution in [0.3, 0.4) is 0 Å². The van der Waals surface area contributed by atoms with Crippen LogP contribution in [0.4, 0.5) is 5.69 Å². The normalized spacial score (nSPS) is 12.8. The minimum atomic E-state index is -3.02. The third-order valence-corrected chi connectivity index (χ3v) is 3.36. The van der Waals surface area contributed by atoms with Gasteiger partial charge in [0.15, 0.2) is 0 Å². The molecule has 92 valence electrons. The molecule has 0 aliphatic rings. The summed E-state index contributed by atoms with van der Waals surface area (Å²) in [7, 11) is -3.02. The first-order valence-corrected chi connectivity index (χ1v) is 7.33. The summed E-state index contributed by atoms with van der Waals surface area (Å²) in [5, 5.41) is 12.0. The number of anilines is 1. The van der Waals surface area contributed by atoms with E-state index in [1.165, 1.54) is 6.26 Å². The van der Waals surface area contributed by atoms with Gasteiger partial charge in [0, 0.05) is 12.3 Å². The van der Waals surface area contributed by atoms with Gasteiger partial charge in [-0.15, -0.1) is 0 Å². The van der Waals surface area contributed by atoms with Crippen LogP contribution in [0.2, 0.25) is 0 Å². The Morgan fingerprint density at radius 1 is 1.47 bits per heavy atom. The number of aryl methyl sites for hydroxylation is 1. The molecular formula is C12H16N2O2S. The molecule has 0 aliphatic carbocycles. The molecule has 0 aliphatic heterocycles. The lowest BCUT2D eigenvalue weighted by molar-refractivity contribution is 0.598. The van der Waals surface area contributed by atoms with Crippen LogP contribution >= 0.6 is 0 Å². The molecule has 0 aromatic heterocycles. The van der Waals surface area contributed by atoms with Gasteiger partial charge in [0.1, 0.15) is 15.9 Å². The molecule has 1 rings (SSSR count). The molecule has 0 spiro atoms. The smallest absolute Gasteiger partial charge is 0.149 e. The molecule has 1 aromatic carbocycles. The van der Waals surface area contributed by atoms with Gasteiger partial charge in [0.25, 0.3) is 0 Å². The first-order chi connectivity index (χ1) is 7.81. The maximum atomic E-state index is 11.1. The second kappa shape index (κ2) is 5.19. The third kappa shape index (κ3) is 4.45. The quantitative estimate of drug-likeness (QED) is 0.885. The van der Waals surface area contributed by atoms with Gasteiger partial charge in [-0.1, -0.05) is 6.07 Å². The summed E-state index contributed by atoms with van der Waals surface area (Å²) in [6, 6.07) is 7.28. The topological polar surface area (TPSA) is 70.0 Å². The zero-order valence-corrected chi connectivity index (χ0v) is 11.0. The van der Waals surface area contributed by atoms with Crippen LogP contribution in [0.25, 0.3) is 0 Å². The van der Waals surface area contributed by atoms with Crippen molar-refractivity contribution in [3.63, 3.8) is 0 Å². The Morgan fingerprint density at radius 2 is 2.12 bits per heavy atom. The van der Waals surface area contributed by atoms with E-state index >= 15 is 0 Å². The van der Waals surface area contributed by atoms with Crippen LogP contribution in [0.15, 0.2) is 18.2 Å². The molecule has 0 amide bonds. The van der Waals surface area contributed by atoms with Gasteiger partial charge in [-0.3, -0.25) is 0 Å². The van der Waals surface area contributed by atoms with Gasteiger partial charge in [-0.2, -0.15) is 5.26 Å². The Morgan fingerprint density at radius 3 is 2.65 bits per heavy atom. The van der Waals surface area contributed by atoms with E-state index in [1.807, 2.05) is 19.1 Å². The zero-order chi connectivity index (χ0) is 13.1. The van der Waals surface area contributed by atoms with Gasteiger partial charge < -0.3 is 5.32 Å². The molecule has 1 N–H and O–H groups in total. The van der Waals surface area contributed by atoms with Crippen molar-refractivity contribution in [1.82, 2.24) is 0 Å². The molecule has 0 bridgehead atoms. The summed E-state index contributed by atoms with van der Waals surface area (Å²) >= 11 is 0. The molecule has 1 unspecified atom stereocenters. The van der Waals surface area contributed by atoms with Crippen LogP contribution < -0.4 is 5.32 Å². The molecule has 1 atom stereocenters. The number of nitrogens with one attached hydrogen (secondary N) is 1. The van der Waals surface area contributed by atoms with Crippen LogP contribution in [-0.2, 0) is 9.84 Å². The fourth-order valence-corrected chi connectivity index (χ4v) is 2.63. The molecule has 0 heterocycles. The summed E-state index contributed by atoms with van der Waals surface area (Å²) in [5.74, 6) is 0.0474. The van der Waals surface area contributed by atoms with E-state index in [4.69, 9.17) is 5.26 Å². The number of rotatable bonds is 4. The number of hydrogen-bond acceptors (Lipinski definition) is 4. The van der Waals surface area contributed by atoms with Crippen molar-refractivity contribution in [2.75, 3.05) is 17.3 Å². The average molecular weight is 252 g/mol. The molecule has 1 aromatic rings. The monoisotopic (exact) mass is 252 g/mol. The largest absolute Gasteiger partial charge is 0.380 e. The fourth-order valence-electron chi connectivity index (χ4n) is 1.64. The van der Waals surface area contributed by atoms with Gasteiger partial charge >= 0.3 is 0 Å².